The average molecular weight is 885 g/mol. The third-order valence-electron chi connectivity index (χ3n) is 14.4. The van der Waals surface area contributed by atoms with E-state index in [2.05, 4.69) is 259 Å². The van der Waals surface area contributed by atoms with E-state index in [9.17, 15) is 0 Å². The van der Waals surface area contributed by atoms with Gasteiger partial charge in [0.2, 0.25) is 0 Å². The zero-order chi connectivity index (χ0) is 47.0. The highest BCUT2D eigenvalue weighted by molar-refractivity contribution is 6.18. The predicted octanol–water partition coefficient (Wildman–Crippen LogP) is 18.8. The SMILES string of the molecule is CC(C)(C)c1cccc(N(c2ccc(-c3ccccc3)cc2)c2ccc3c(c2)oc2c4ccc(N(c5ccc(-c6ccccc6)cc5)c5cccc(C(C)(C)C)c5)c5c4c(cc32)C(C)(C)CC5)c1. The van der Waals surface area contributed by atoms with Crippen molar-refractivity contribution in [2.24, 2.45) is 0 Å². The van der Waals surface area contributed by atoms with Crippen molar-refractivity contribution in [2.45, 2.75) is 84.5 Å². The quantitative estimate of drug-likeness (QED) is 0.152. The molecule has 0 saturated carbocycles. The topological polar surface area (TPSA) is 19.6 Å². The maximum atomic E-state index is 7.17. The number of furan rings is 1. The van der Waals surface area contributed by atoms with E-state index in [-0.39, 0.29) is 16.2 Å². The molecule has 1 heterocycles. The van der Waals surface area contributed by atoms with Crippen LogP contribution in [-0.4, -0.2) is 0 Å². The lowest BCUT2D eigenvalue weighted by atomic mass is 9.71. The molecule has 0 amide bonds. The summed E-state index contributed by atoms with van der Waals surface area (Å²) in [5.74, 6) is 0. The summed E-state index contributed by atoms with van der Waals surface area (Å²) in [4.78, 5) is 4.86. The van der Waals surface area contributed by atoms with E-state index < -0.39 is 0 Å². The lowest BCUT2D eigenvalue weighted by Gasteiger charge is -2.36. The van der Waals surface area contributed by atoms with Crippen LogP contribution in [0.1, 0.15) is 84.1 Å². The Balaban J connectivity index is 1.08. The van der Waals surface area contributed by atoms with E-state index in [0.29, 0.717) is 0 Å². The smallest absolute Gasteiger partial charge is 0.143 e. The Kier molecular flexibility index (Phi) is 10.5. The molecule has 1 aliphatic rings. The Morgan fingerprint density at radius 3 is 1.47 bits per heavy atom. The Hall–Kier alpha value is -7.36. The maximum Gasteiger partial charge on any atom is 0.143 e. The van der Waals surface area contributed by atoms with Gasteiger partial charge in [-0.1, -0.05) is 165 Å². The van der Waals surface area contributed by atoms with Crippen LogP contribution in [0.15, 0.2) is 199 Å². The molecular formula is C65H60N2O. The van der Waals surface area contributed by atoms with E-state index in [0.717, 1.165) is 57.8 Å². The van der Waals surface area contributed by atoms with Crippen LogP contribution in [0.5, 0.6) is 0 Å². The Bertz CT molecular complexity index is 3480. The summed E-state index contributed by atoms with van der Waals surface area (Å²) >= 11 is 0. The molecule has 336 valence electrons. The van der Waals surface area contributed by atoms with Crippen LogP contribution >= 0.6 is 0 Å². The van der Waals surface area contributed by atoms with Crippen molar-refractivity contribution in [3.8, 4) is 22.3 Å². The third kappa shape index (κ3) is 7.74. The molecule has 11 rings (SSSR count). The Labute approximate surface area is 402 Å². The number of hydrogen-bond donors (Lipinski definition) is 0. The van der Waals surface area contributed by atoms with Gasteiger partial charge >= 0.3 is 0 Å². The van der Waals surface area contributed by atoms with Crippen LogP contribution in [0.25, 0.3) is 55.0 Å². The van der Waals surface area contributed by atoms with Crippen LogP contribution in [0.2, 0.25) is 0 Å². The predicted molar refractivity (Wildman–Crippen MR) is 290 cm³/mol. The first-order chi connectivity index (χ1) is 32.7. The van der Waals surface area contributed by atoms with E-state index in [1.54, 1.807) is 0 Å². The summed E-state index contributed by atoms with van der Waals surface area (Å²) in [6, 6.07) is 71.4. The second-order valence-electron chi connectivity index (χ2n) is 21.6. The number of aryl methyl sites for hydroxylation is 1. The third-order valence-corrected chi connectivity index (χ3v) is 14.4. The standard InChI is InChI=1S/C65H60N2O/c1-63(2,3)47-21-15-23-51(39-47)66(49-29-25-45(26-30-49)43-17-11-9-12-18-43)53-33-34-54-57-42-58-61-55(37-38-65(58,7)8)59(36-35-56(61)62(57)68-60(54)41-53)67(52-24-16-22-48(40-52)64(4,5)6)50-31-27-46(28-32-50)44-19-13-10-14-20-44/h9-36,39-42H,37-38H2,1-8H3. The van der Waals surface area contributed by atoms with Gasteiger partial charge in [-0.3, -0.25) is 0 Å². The minimum atomic E-state index is -0.0311. The average Bonchev–Trinajstić information content (AvgIpc) is 3.72. The normalized spacial score (nSPS) is 13.6. The molecule has 0 radical (unpaired) electrons. The fourth-order valence-corrected chi connectivity index (χ4v) is 10.5. The van der Waals surface area contributed by atoms with Crippen LogP contribution in [0.3, 0.4) is 0 Å². The minimum Gasteiger partial charge on any atom is -0.455 e. The number of anilines is 6. The zero-order valence-electron chi connectivity index (χ0n) is 40.7. The highest BCUT2D eigenvalue weighted by Gasteiger charge is 2.33. The zero-order valence-corrected chi connectivity index (χ0v) is 40.7. The molecule has 1 aliphatic carbocycles. The molecule has 0 atom stereocenters. The number of benzene rings is 9. The van der Waals surface area contributed by atoms with Gasteiger partial charge in [0.05, 0.1) is 0 Å². The summed E-state index contributed by atoms with van der Waals surface area (Å²) in [5.41, 5.74) is 18.8. The molecule has 0 N–H and O–H groups in total. The van der Waals surface area contributed by atoms with Crippen molar-refractivity contribution < 1.29 is 4.42 Å². The highest BCUT2D eigenvalue weighted by atomic mass is 16.3. The molecule has 68 heavy (non-hydrogen) atoms. The van der Waals surface area contributed by atoms with Gasteiger partial charge in [-0.25, -0.2) is 0 Å². The van der Waals surface area contributed by atoms with Crippen LogP contribution in [0.4, 0.5) is 34.1 Å². The fourth-order valence-electron chi connectivity index (χ4n) is 10.5. The first-order valence-electron chi connectivity index (χ1n) is 24.3. The molecule has 0 spiro atoms. The van der Waals surface area contributed by atoms with Gasteiger partial charge in [-0.05, 0) is 158 Å². The van der Waals surface area contributed by atoms with Crippen molar-refractivity contribution in [1.82, 2.24) is 0 Å². The molecule has 0 aliphatic heterocycles. The fraction of sp³-hybridized carbons (Fsp3) is 0.200. The van der Waals surface area contributed by atoms with E-state index in [1.807, 2.05) is 0 Å². The van der Waals surface area contributed by atoms with Crippen LogP contribution < -0.4 is 9.80 Å². The lowest BCUT2D eigenvalue weighted by Crippen LogP contribution is -2.24. The minimum absolute atomic E-state index is 0.000937. The first kappa shape index (κ1) is 43.2. The molecule has 0 saturated heterocycles. The van der Waals surface area contributed by atoms with E-state index in [4.69, 9.17) is 4.42 Å². The van der Waals surface area contributed by atoms with Gasteiger partial charge in [0.25, 0.3) is 0 Å². The van der Waals surface area contributed by atoms with Gasteiger partial charge in [0.15, 0.2) is 0 Å². The van der Waals surface area contributed by atoms with Gasteiger partial charge in [-0.15, -0.1) is 0 Å². The van der Waals surface area contributed by atoms with Crippen LogP contribution in [-0.2, 0) is 22.7 Å². The Morgan fingerprint density at radius 2 is 0.912 bits per heavy atom. The monoisotopic (exact) mass is 884 g/mol. The van der Waals surface area contributed by atoms with Crippen molar-refractivity contribution >= 4 is 66.8 Å². The van der Waals surface area contributed by atoms with Crippen LogP contribution in [0, 0.1) is 0 Å². The molecule has 9 aromatic carbocycles. The molecule has 3 nitrogen and oxygen atoms in total. The number of rotatable bonds is 8. The van der Waals surface area contributed by atoms with Crippen molar-refractivity contribution in [3.05, 3.63) is 216 Å². The summed E-state index contributed by atoms with van der Waals surface area (Å²) in [6.07, 6.45) is 2.01. The summed E-state index contributed by atoms with van der Waals surface area (Å²) in [7, 11) is 0. The molecular weight excluding hydrogens is 825 g/mol. The molecule has 3 heteroatoms. The largest absolute Gasteiger partial charge is 0.455 e. The lowest BCUT2D eigenvalue weighted by molar-refractivity contribution is 0.475. The molecule has 0 fully saturated rings. The van der Waals surface area contributed by atoms with Crippen molar-refractivity contribution in [1.29, 1.82) is 0 Å². The number of hydrogen-bond acceptors (Lipinski definition) is 3. The van der Waals surface area contributed by atoms with Gasteiger partial charge in [-0.2, -0.15) is 0 Å². The number of fused-ring (bicyclic) bond motifs is 4. The molecule has 10 aromatic rings. The Morgan fingerprint density at radius 1 is 0.426 bits per heavy atom. The second kappa shape index (κ2) is 16.5. The van der Waals surface area contributed by atoms with E-state index >= 15 is 0 Å². The molecule has 1 aromatic heterocycles. The van der Waals surface area contributed by atoms with Gasteiger partial charge in [0.1, 0.15) is 11.2 Å². The summed E-state index contributed by atoms with van der Waals surface area (Å²) in [6.45, 7) is 18.6. The first-order valence-corrected chi connectivity index (χ1v) is 24.3. The number of nitrogens with zero attached hydrogens (tertiary/aromatic N) is 2. The van der Waals surface area contributed by atoms with E-state index in [1.165, 1.54) is 66.4 Å². The van der Waals surface area contributed by atoms with Crippen molar-refractivity contribution in [3.63, 3.8) is 0 Å². The van der Waals surface area contributed by atoms with Gasteiger partial charge in [0, 0.05) is 56.3 Å². The molecule has 0 unspecified atom stereocenters. The highest BCUT2D eigenvalue weighted by Crippen LogP contribution is 2.51. The second-order valence-corrected chi connectivity index (χ2v) is 21.6. The maximum absolute atomic E-state index is 7.17. The molecule has 0 bridgehead atoms. The summed E-state index contributed by atoms with van der Waals surface area (Å²) in [5, 5.41) is 4.80. The van der Waals surface area contributed by atoms with Gasteiger partial charge < -0.3 is 14.2 Å². The van der Waals surface area contributed by atoms with Crippen molar-refractivity contribution in [2.75, 3.05) is 9.80 Å². The summed E-state index contributed by atoms with van der Waals surface area (Å²) < 4.78 is 7.17.